The highest BCUT2D eigenvalue weighted by Gasteiger charge is 2.13. The zero-order valence-corrected chi connectivity index (χ0v) is 13.4. The van der Waals surface area contributed by atoms with E-state index in [2.05, 4.69) is 10.2 Å². The zero-order chi connectivity index (χ0) is 15.4. The first-order valence-electron chi connectivity index (χ1n) is 6.61. The van der Waals surface area contributed by atoms with Crippen molar-refractivity contribution in [3.63, 3.8) is 0 Å². The van der Waals surface area contributed by atoms with Crippen molar-refractivity contribution >= 4 is 23.4 Å². The molecule has 0 unspecified atom stereocenters. The van der Waals surface area contributed by atoms with Crippen LogP contribution in [0.5, 0.6) is 5.75 Å². The second kappa shape index (κ2) is 6.89. The molecule has 114 valence electrons. The molecule has 0 aliphatic heterocycles. The predicted octanol–water partition coefficient (Wildman–Crippen LogP) is 4.46. The Bertz CT molecular complexity index is 739. The van der Waals surface area contributed by atoms with E-state index >= 15 is 0 Å². The molecule has 5 nitrogen and oxygen atoms in total. The van der Waals surface area contributed by atoms with Crippen LogP contribution < -0.4 is 4.74 Å². The standard InChI is InChI=1S/C15H13ClN2O3S/c1-10-13(6-7-19-10)14-17-18-15(21-14)22-9-8-20-12-4-2-11(16)3-5-12/h2-7H,8-9H2,1H3. The van der Waals surface area contributed by atoms with Crippen LogP contribution in [0.4, 0.5) is 0 Å². The summed E-state index contributed by atoms with van der Waals surface area (Å²) >= 11 is 7.26. The van der Waals surface area contributed by atoms with Gasteiger partial charge in [0, 0.05) is 10.8 Å². The van der Waals surface area contributed by atoms with Crippen molar-refractivity contribution in [3.8, 4) is 17.2 Å². The van der Waals surface area contributed by atoms with Gasteiger partial charge in [-0.2, -0.15) is 0 Å². The molecule has 0 N–H and O–H groups in total. The van der Waals surface area contributed by atoms with E-state index in [1.165, 1.54) is 11.8 Å². The Morgan fingerprint density at radius 2 is 2.00 bits per heavy atom. The fourth-order valence-corrected chi connectivity index (χ4v) is 2.51. The van der Waals surface area contributed by atoms with E-state index in [9.17, 15) is 0 Å². The molecule has 0 aliphatic rings. The maximum Gasteiger partial charge on any atom is 0.276 e. The van der Waals surface area contributed by atoms with Gasteiger partial charge in [-0.25, -0.2) is 0 Å². The normalized spacial score (nSPS) is 10.8. The monoisotopic (exact) mass is 336 g/mol. The second-order valence-electron chi connectivity index (χ2n) is 4.41. The number of ether oxygens (including phenoxy) is 1. The first kappa shape index (κ1) is 15.0. The van der Waals surface area contributed by atoms with Gasteiger partial charge in [0.1, 0.15) is 11.5 Å². The topological polar surface area (TPSA) is 61.3 Å². The molecule has 0 amide bonds. The molecule has 2 aromatic heterocycles. The van der Waals surface area contributed by atoms with Crippen molar-refractivity contribution in [2.45, 2.75) is 12.1 Å². The number of hydrogen-bond acceptors (Lipinski definition) is 6. The molecule has 7 heteroatoms. The average Bonchev–Trinajstić information content (AvgIpc) is 3.14. The Morgan fingerprint density at radius 3 is 2.73 bits per heavy atom. The van der Waals surface area contributed by atoms with Gasteiger partial charge in [-0.15, -0.1) is 10.2 Å². The number of aryl methyl sites for hydroxylation is 1. The number of thioether (sulfide) groups is 1. The average molecular weight is 337 g/mol. The second-order valence-corrected chi connectivity index (χ2v) is 5.90. The molecule has 2 heterocycles. The van der Waals surface area contributed by atoms with Gasteiger partial charge in [-0.05, 0) is 37.3 Å². The molecule has 0 fully saturated rings. The molecule has 1 aromatic carbocycles. The highest BCUT2D eigenvalue weighted by atomic mass is 35.5. The lowest BCUT2D eigenvalue weighted by Crippen LogP contribution is -1.99. The molecule has 0 atom stereocenters. The minimum atomic E-state index is 0.465. The molecule has 0 spiro atoms. The van der Waals surface area contributed by atoms with Gasteiger partial charge < -0.3 is 13.6 Å². The van der Waals surface area contributed by atoms with Gasteiger partial charge in [0.05, 0.1) is 18.4 Å². The number of halogens is 1. The van der Waals surface area contributed by atoms with Crippen LogP contribution in [-0.2, 0) is 0 Å². The van der Waals surface area contributed by atoms with Crippen LogP contribution in [-0.4, -0.2) is 22.6 Å². The van der Waals surface area contributed by atoms with Crippen LogP contribution in [0.1, 0.15) is 5.76 Å². The fraction of sp³-hybridized carbons (Fsp3) is 0.200. The zero-order valence-electron chi connectivity index (χ0n) is 11.8. The summed E-state index contributed by atoms with van der Waals surface area (Å²) < 4.78 is 16.4. The highest BCUT2D eigenvalue weighted by molar-refractivity contribution is 7.99. The molecule has 0 saturated heterocycles. The fourth-order valence-electron chi connectivity index (χ4n) is 1.80. The van der Waals surface area contributed by atoms with Crippen LogP contribution in [0, 0.1) is 6.92 Å². The minimum Gasteiger partial charge on any atom is -0.493 e. The van der Waals surface area contributed by atoms with E-state index in [1.54, 1.807) is 24.5 Å². The van der Waals surface area contributed by atoms with E-state index in [4.69, 9.17) is 25.2 Å². The lowest BCUT2D eigenvalue weighted by molar-refractivity contribution is 0.343. The first-order valence-corrected chi connectivity index (χ1v) is 7.98. The van der Waals surface area contributed by atoms with Gasteiger partial charge in [0.15, 0.2) is 0 Å². The molecule has 22 heavy (non-hydrogen) atoms. The Balaban J connectivity index is 1.49. The number of furan rings is 1. The third-order valence-corrected chi connectivity index (χ3v) is 3.92. The van der Waals surface area contributed by atoms with Crippen molar-refractivity contribution in [2.75, 3.05) is 12.4 Å². The van der Waals surface area contributed by atoms with Crippen LogP contribution in [0.2, 0.25) is 5.02 Å². The number of benzene rings is 1. The Kier molecular flexibility index (Phi) is 4.70. The van der Waals surface area contributed by atoms with Crippen molar-refractivity contribution in [1.82, 2.24) is 10.2 Å². The number of aromatic nitrogens is 2. The summed E-state index contributed by atoms with van der Waals surface area (Å²) in [6.07, 6.45) is 1.60. The lowest BCUT2D eigenvalue weighted by atomic mass is 10.3. The van der Waals surface area contributed by atoms with Gasteiger partial charge in [0.2, 0.25) is 0 Å². The Hall–Kier alpha value is -1.92. The highest BCUT2D eigenvalue weighted by Crippen LogP contribution is 2.26. The van der Waals surface area contributed by atoms with E-state index in [1.807, 2.05) is 19.1 Å². The maximum absolute atomic E-state index is 5.81. The Labute approximate surface area is 136 Å². The minimum absolute atomic E-state index is 0.465. The van der Waals surface area contributed by atoms with Crippen LogP contribution >= 0.6 is 23.4 Å². The van der Waals surface area contributed by atoms with Gasteiger partial charge in [-0.1, -0.05) is 23.4 Å². The van der Waals surface area contributed by atoms with Gasteiger partial charge in [0.25, 0.3) is 11.1 Å². The Morgan fingerprint density at radius 1 is 1.18 bits per heavy atom. The molecule has 0 aliphatic carbocycles. The molecular weight excluding hydrogens is 324 g/mol. The third-order valence-electron chi connectivity index (χ3n) is 2.89. The van der Waals surface area contributed by atoms with Crippen LogP contribution in [0.15, 0.2) is 50.7 Å². The first-order chi connectivity index (χ1) is 10.7. The smallest absolute Gasteiger partial charge is 0.276 e. The maximum atomic E-state index is 5.81. The SMILES string of the molecule is Cc1occc1-c1nnc(SCCOc2ccc(Cl)cc2)o1. The predicted molar refractivity (Wildman–Crippen MR) is 84.4 cm³/mol. The summed E-state index contributed by atoms with van der Waals surface area (Å²) in [4.78, 5) is 0. The van der Waals surface area contributed by atoms with Crippen LogP contribution in [0.25, 0.3) is 11.5 Å². The third kappa shape index (κ3) is 3.64. The van der Waals surface area contributed by atoms with E-state index < -0.39 is 0 Å². The van der Waals surface area contributed by atoms with Crippen LogP contribution in [0.3, 0.4) is 0 Å². The number of rotatable bonds is 6. The molecule has 3 rings (SSSR count). The molecule has 0 saturated carbocycles. The van der Waals surface area contributed by atoms with E-state index in [-0.39, 0.29) is 0 Å². The molecule has 0 bridgehead atoms. The summed E-state index contributed by atoms with van der Waals surface area (Å²) in [6.45, 7) is 2.39. The molecular formula is C15H13ClN2O3S. The lowest BCUT2D eigenvalue weighted by Gasteiger charge is -2.04. The summed E-state index contributed by atoms with van der Waals surface area (Å²) in [5.74, 6) is 2.71. The van der Waals surface area contributed by atoms with Crippen molar-refractivity contribution in [3.05, 3.63) is 47.4 Å². The van der Waals surface area contributed by atoms with Crippen molar-refractivity contribution < 1.29 is 13.6 Å². The van der Waals surface area contributed by atoms with Crippen molar-refractivity contribution in [2.24, 2.45) is 0 Å². The molecule has 0 radical (unpaired) electrons. The summed E-state index contributed by atoms with van der Waals surface area (Å²) in [6, 6.07) is 9.06. The number of hydrogen-bond donors (Lipinski definition) is 0. The van der Waals surface area contributed by atoms with Gasteiger partial charge >= 0.3 is 0 Å². The summed E-state index contributed by atoms with van der Waals surface area (Å²) in [5.41, 5.74) is 0.816. The van der Waals surface area contributed by atoms with Crippen molar-refractivity contribution in [1.29, 1.82) is 0 Å². The van der Waals surface area contributed by atoms with E-state index in [0.717, 1.165) is 17.1 Å². The quantitative estimate of drug-likeness (QED) is 0.489. The van der Waals surface area contributed by atoms with Gasteiger partial charge in [-0.3, -0.25) is 0 Å². The molecule has 3 aromatic rings. The summed E-state index contributed by atoms with van der Waals surface area (Å²) in [7, 11) is 0. The summed E-state index contributed by atoms with van der Waals surface area (Å²) in [5, 5.41) is 9.21. The van der Waals surface area contributed by atoms with E-state index in [0.29, 0.717) is 28.5 Å². The number of nitrogens with zero attached hydrogens (tertiary/aromatic N) is 2. The largest absolute Gasteiger partial charge is 0.493 e.